The average molecular weight is 375 g/mol. The topological polar surface area (TPSA) is 80.0 Å². The second-order valence-electron chi connectivity index (χ2n) is 7.43. The summed E-state index contributed by atoms with van der Waals surface area (Å²) in [5.74, 6) is 1.38. The van der Waals surface area contributed by atoms with Gasteiger partial charge in [0.2, 0.25) is 5.91 Å². The van der Waals surface area contributed by atoms with Crippen molar-refractivity contribution in [3.8, 4) is 0 Å². The molecular weight excluding hydrogens is 340 g/mol. The molecule has 6 nitrogen and oxygen atoms in total. The normalized spacial score (nSPS) is 19.0. The molecule has 0 aromatic heterocycles. The zero-order valence-corrected chi connectivity index (χ0v) is 16.7. The lowest BCUT2D eigenvalue weighted by atomic mass is 9.95. The van der Waals surface area contributed by atoms with Crippen LogP contribution < -0.4 is 11.1 Å². The predicted octanol–water partition coefficient (Wildman–Crippen LogP) is 2.39. The number of nitrogens with zero attached hydrogens (tertiary/aromatic N) is 2. The number of rotatable bonds is 9. The van der Waals surface area contributed by atoms with Crippen molar-refractivity contribution in [2.24, 2.45) is 22.6 Å². The third-order valence-corrected chi connectivity index (χ3v) is 4.71. The molecule has 27 heavy (non-hydrogen) atoms. The van der Waals surface area contributed by atoms with E-state index in [-0.39, 0.29) is 5.91 Å². The number of aliphatic imine (C=N–C) groups is 1. The molecule has 1 aromatic carbocycles. The van der Waals surface area contributed by atoms with E-state index in [2.05, 4.69) is 36.2 Å². The van der Waals surface area contributed by atoms with Crippen LogP contribution in [0, 0.1) is 11.8 Å². The van der Waals surface area contributed by atoms with Crippen LogP contribution in [-0.2, 0) is 16.1 Å². The lowest BCUT2D eigenvalue weighted by Crippen LogP contribution is -2.47. The number of hydrogen-bond donors (Lipinski definition) is 2. The number of nitrogens with one attached hydrogen (secondary N) is 1. The molecule has 0 spiro atoms. The van der Waals surface area contributed by atoms with Crippen LogP contribution in [0.1, 0.15) is 38.7 Å². The molecule has 1 aromatic rings. The molecule has 0 radical (unpaired) electrons. The molecule has 1 amide bonds. The molecule has 3 N–H and O–H groups in total. The number of carbonyl (C=O) groups excluding carboxylic acids is 1. The Kier molecular flexibility index (Phi) is 9.11. The number of guanidine groups is 1. The SMILES string of the molecule is CCNC(=NCC(C)COCc1ccccc1)N1CCCC(CC(N)=O)C1. The van der Waals surface area contributed by atoms with Gasteiger partial charge in [-0.1, -0.05) is 37.3 Å². The molecule has 1 heterocycles. The third-order valence-electron chi connectivity index (χ3n) is 4.71. The maximum absolute atomic E-state index is 11.2. The molecule has 2 rings (SSSR count). The molecule has 2 atom stereocenters. The van der Waals surface area contributed by atoms with Crippen molar-refractivity contribution in [2.45, 2.75) is 39.7 Å². The summed E-state index contributed by atoms with van der Waals surface area (Å²) in [5, 5.41) is 3.38. The monoisotopic (exact) mass is 374 g/mol. The molecule has 0 saturated carbocycles. The van der Waals surface area contributed by atoms with E-state index < -0.39 is 0 Å². The van der Waals surface area contributed by atoms with Gasteiger partial charge < -0.3 is 20.7 Å². The lowest BCUT2D eigenvalue weighted by Gasteiger charge is -2.34. The number of benzene rings is 1. The van der Waals surface area contributed by atoms with Gasteiger partial charge in [-0.25, -0.2) is 0 Å². The second kappa shape index (κ2) is 11.6. The summed E-state index contributed by atoms with van der Waals surface area (Å²) in [6.07, 6.45) is 2.58. The fourth-order valence-corrected chi connectivity index (χ4v) is 3.38. The van der Waals surface area contributed by atoms with Gasteiger partial charge in [0, 0.05) is 32.6 Å². The van der Waals surface area contributed by atoms with Crippen LogP contribution in [0.25, 0.3) is 0 Å². The van der Waals surface area contributed by atoms with Crippen molar-refractivity contribution in [2.75, 3.05) is 32.8 Å². The first-order valence-electron chi connectivity index (χ1n) is 10.0. The summed E-state index contributed by atoms with van der Waals surface area (Å²) < 4.78 is 5.83. The maximum atomic E-state index is 11.2. The standard InChI is InChI=1S/C21H34N4O2/c1-3-23-21(25-11-7-10-19(14-25)12-20(22)26)24-13-17(2)15-27-16-18-8-5-4-6-9-18/h4-6,8-9,17,19H,3,7,10-16H2,1-2H3,(H2,22,26)(H,23,24). The van der Waals surface area contributed by atoms with E-state index in [4.69, 9.17) is 15.5 Å². The lowest BCUT2D eigenvalue weighted by molar-refractivity contribution is -0.119. The van der Waals surface area contributed by atoms with Crippen molar-refractivity contribution in [1.29, 1.82) is 0 Å². The minimum absolute atomic E-state index is 0.215. The Balaban J connectivity index is 1.81. The number of ether oxygens (including phenoxy) is 1. The van der Waals surface area contributed by atoms with Crippen LogP contribution >= 0.6 is 0 Å². The number of likely N-dealkylation sites (tertiary alicyclic amines) is 1. The van der Waals surface area contributed by atoms with Crippen molar-refractivity contribution < 1.29 is 9.53 Å². The Hall–Kier alpha value is -2.08. The van der Waals surface area contributed by atoms with Crippen LogP contribution in [0.15, 0.2) is 35.3 Å². The van der Waals surface area contributed by atoms with E-state index in [0.29, 0.717) is 38.0 Å². The largest absolute Gasteiger partial charge is 0.376 e. The van der Waals surface area contributed by atoms with Crippen molar-refractivity contribution in [1.82, 2.24) is 10.2 Å². The van der Waals surface area contributed by atoms with E-state index in [0.717, 1.165) is 38.4 Å². The van der Waals surface area contributed by atoms with E-state index >= 15 is 0 Å². The molecule has 1 fully saturated rings. The van der Waals surface area contributed by atoms with Gasteiger partial charge in [0.25, 0.3) is 0 Å². The number of carbonyl (C=O) groups is 1. The average Bonchev–Trinajstić information content (AvgIpc) is 2.65. The van der Waals surface area contributed by atoms with E-state index in [1.807, 2.05) is 18.2 Å². The van der Waals surface area contributed by atoms with Gasteiger partial charge in [-0.15, -0.1) is 0 Å². The number of hydrogen-bond acceptors (Lipinski definition) is 3. The first-order chi connectivity index (χ1) is 13.1. The summed E-state index contributed by atoms with van der Waals surface area (Å²) in [7, 11) is 0. The summed E-state index contributed by atoms with van der Waals surface area (Å²) >= 11 is 0. The van der Waals surface area contributed by atoms with Crippen molar-refractivity contribution in [3.05, 3.63) is 35.9 Å². The number of piperidine rings is 1. The highest BCUT2D eigenvalue weighted by Crippen LogP contribution is 2.19. The molecule has 0 aliphatic carbocycles. The smallest absolute Gasteiger partial charge is 0.217 e. The Bertz CT molecular complexity index is 591. The summed E-state index contributed by atoms with van der Waals surface area (Å²) in [4.78, 5) is 18.3. The maximum Gasteiger partial charge on any atom is 0.217 e. The van der Waals surface area contributed by atoms with Crippen LogP contribution in [-0.4, -0.2) is 49.6 Å². The van der Waals surface area contributed by atoms with Crippen molar-refractivity contribution >= 4 is 11.9 Å². The Morgan fingerprint density at radius 3 is 2.89 bits per heavy atom. The van der Waals surface area contributed by atoms with Crippen LogP contribution in [0.5, 0.6) is 0 Å². The number of nitrogens with two attached hydrogens (primary N) is 1. The Labute approximate surface area is 163 Å². The van der Waals surface area contributed by atoms with E-state index in [1.165, 1.54) is 5.56 Å². The zero-order chi connectivity index (χ0) is 19.5. The number of primary amides is 1. The second-order valence-corrected chi connectivity index (χ2v) is 7.43. The Morgan fingerprint density at radius 2 is 2.19 bits per heavy atom. The fraction of sp³-hybridized carbons (Fsp3) is 0.619. The molecule has 1 aliphatic rings. The van der Waals surface area contributed by atoms with Gasteiger partial charge in [-0.3, -0.25) is 9.79 Å². The van der Waals surface area contributed by atoms with Crippen LogP contribution in [0.3, 0.4) is 0 Å². The fourth-order valence-electron chi connectivity index (χ4n) is 3.38. The minimum atomic E-state index is -0.215. The van der Waals surface area contributed by atoms with Crippen LogP contribution in [0.2, 0.25) is 0 Å². The Morgan fingerprint density at radius 1 is 1.41 bits per heavy atom. The zero-order valence-electron chi connectivity index (χ0n) is 16.7. The van der Waals surface area contributed by atoms with Gasteiger partial charge in [-0.2, -0.15) is 0 Å². The van der Waals surface area contributed by atoms with Gasteiger partial charge in [-0.05, 0) is 37.2 Å². The van der Waals surface area contributed by atoms with E-state index in [9.17, 15) is 4.79 Å². The first kappa shape index (κ1) is 21.2. The minimum Gasteiger partial charge on any atom is -0.376 e. The highest BCUT2D eigenvalue weighted by molar-refractivity contribution is 5.80. The summed E-state index contributed by atoms with van der Waals surface area (Å²) in [6, 6.07) is 10.2. The highest BCUT2D eigenvalue weighted by atomic mass is 16.5. The molecule has 0 bridgehead atoms. The highest BCUT2D eigenvalue weighted by Gasteiger charge is 2.23. The van der Waals surface area contributed by atoms with Gasteiger partial charge >= 0.3 is 0 Å². The summed E-state index contributed by atoms with van der Waals surface area (Å²) in [6.45, 7) is 8.91. The first-order valence-corrected chi connectivity index (χ1v) is 10.0. The van der Waals surface area contributed by atoms with E-state index in [1.54, 1.807) is 0 Å². The summed E-state index contributed by atoms with van der Waals surface area (Å²) in [5.41, 5.74) is 6.56. The van der Waals surface area contributed by atoms with Crippen LogP contribution in [0.4, 0.5) is 0 Å². The third kappa shape index (κ3) is 7.99. The van der Waals surface area contributed by atoms with Gasteiger partial charge in [0.1, 0.15) is 0 Å². The van der Waals surface area contributed by atoms with Gasteiger partial charge in [0.15, 0.2) is 5.96 Å². The molecule has 150 valence electrons. The molecule has 1 saturated heterocycles. The number of amides is 1. The molecule has 6 heteroatoms. The van der Waals surface area contributed by atoms with Crippen molar-refractivity contribution in [3.63, 3.8) is 0 Å². The molecule has 1 aliphatic heterocycles. The molecule has 2 unspecified atom stereocenters. The predicted molar refractivity (Wildman–Crippen MR) is 109 cm³/mol. The quantitative estimate of drug-likeness (QED) is 0.514. The van der Waals surface area contributed by atoms with Gasteiger partial charge in [0.05, 0.1) is 13.2 Å². The molecular formula is C21H34N4O2.